The molecule has 5 heteroatoms. The molecule has 0 unspecified atom stereocenters. The normalized spacial score (nSPS) is 25.5. The zero-order chi connectivity index (χ0) is 17.5. The van der Waals surface area contributed by atoms with Crippen LogP contribution >= 0.6 is 0 Å². The van der Waals surface area contributed by atoms with Crippen molar-refractivity contribution in [3.8, 4) is 0 Å². The Bertz CT molecular complexity index is 531. The molecule has 2 saturated heterocycles. The second kappa shape index (κ2) is 9.20. The van der Waals surface area contributed by atoms with Gasteiger partial charge in [0.25, 0.3) is 0 Å². The van der Waals surface area contributed by atoms with Gasteiger partial charge in [0.05, 0.1) is 6.04 Å². The zero-order valence-electron chi connectivity index (χ0n) is 15.2. The maximum atomic E-state index is 12.5. The van der Waals surface area contributed by atoms with Gasteiger partial charge in [0.15, 0.2) is 0 Å². The molecule has 2 heterocycles. The van der Waals surface area contributed by atoms with Gasteiger partial charge in [0.1, 0.15) is 0 Å². The van der Waals surface area contributed by atoms with Crippen molar-refractivity contribution in [3.05, 3.63) is 35.9 Å². The molecule has 0 bridgehead atoms. The summed E-state index contributed by atoms with van der Waals surface area (Å²) < 4.78 is 5.50. The van der Waals surface area contributed by atoms with E-state index in [0.29, 0.717) is 11.8 Å². The van der Waals surface area contributed by atoms with Gasteiger partial charge in [0.2, 0.25) is 0 Å². The highest BCUT2D eigenvalue weighted by Gasteiger charge is 2.24. The first-order valence-corrected chi connectivity index (χ1v) is 9.56. The summed E-state index contributed by atoms with van der Waals surface area (Å²) in [6.45, 7) is 4.64. The molecule has 2 fully saturated rings. The van der Waals surface area contributed by atoms with E-state index in [4.69, 9.17) is 4.74 Å². The van der Waals surface area contributed by atoms with Crippen LogP contribution in [0, 0.1) is 11.8 Å². The minimum atomic E-state index is -0.0546. The minimum Gasteiger partial charge on any atom is -0.381 e. The molecule has 5 nitrogen and oxygen atoms in total. The van der Waals surface area contributed by atoms with Crippen LogP contribution in [-0.4, -0.2) is 50.8 Å². The molecule has 1 aromatic carbocycles. The molecular formula is C20H31N3O2. The van der Waals surface area contributed by atoms with Crippen molar-refractivity contribution in [2.75, 3.05) is 39.9 Å². The van der Waals surface area contributed by atoms with E-state index in [0.717, 1.165) is 39.1 Å². The maximum absolute atomic E-state index is 12.5. The van der Waals surface area contributed by atoms with E-state index in [1.165, 1.54) is 24.9 Å². The number of ether oxygens (including phenoxy) is 1. The van der Waals surface area contributed by atoms with Crippen LogP contribution < -0.4 is 10.6 Å². The van der Waals surface area contributed by atoms with Gasteiger partial charge in [-0.15, -0.1) is 0 Å². The van der Waals surface area contributed by atoms with Gasteiger partial charge in [0, 0.05) is 26.3 Å². The molecule has 25 heavy (non-hydrogen) atoms. The van der Waals surface area contributed by atoms with Crippen molar-refractivity contribution in [2.45, 2.75) is 31.7 Å². The molecule has 2 aliphatic rings. The summed E-state index contributed by atoms with van der Waals surface area (Å²) in [5, 5.41) is 6.28. The van der Waals surface area contributed by atoms with Gasteiger partial charge in [-0.3, -0.25) is 0 Å². The molecule has 3 rings (SSSR count). The van der Waals surface area contributed by atoms with Crippen molar-refractivity contribution in [1.29, 1.82) is 0 Å². The number of likely N-dealkylation sites (tertiary alicyclic amines) is 1. The van der Waals surface area contributed by atoms with Crippen molar-refractivity contribution >= 4 is 6.03 Å². The van der Waals surface area contributed by atoms with Crippen LogP contribution in [0.15, 0.2) is 30.3 Å². The molecule has 0 spiro atoms. The molecule has 0 saturated carbocycles. The van der Waals surface area contributed by atoms with Gasteiger partial charge in [-0.2, -0.15) is 0 Å². The highest BCUT2D eigenvalue weighted by Crippen LogP contribution is 2.26. The molecular weight excluding hydrogens is 314 g/mol. The number of urea groups is 1. The Balaban J connectivity index is 1.52. The Hall–Kier alpha value is -1.59. The largest absolute Gasteiger partial charge is 0.381 e. The van der Waals surface area contributed by atoms with Gasteiger partial charge in [-0.1, -0.05) is 30.3 Å². The maximum Gasteiger partial charge on any atom is 0.315 e. The average molecular weight is 345 g/mol. The first-order valence-electron chi connectivity index (χ1n) is 9.56. The predicted molar refractivity (Wildman–Crippen MR) is 99.5 cm³/mol. The van der Waals surface area contributed by atoms with Gasteiger partial charge < -0.3 is 20.3 Å². The van der Waals surface area contributed by atoms with Crippen LogP contribution in [0.5, 0.6) is 0 Å². The van der Waals surface area contributed by atoms with Crippen LogP contribution in [0.4, 0.5) is 4.79 Å². The number of piperidine rings is 1. The Morgan fingerprint density at radius 2 is 2.12 bits per heavy atom. The van der Waals surface area contributed by atoms with E-state index in [1.807, 2.05) is 18.2 Å². The summed E-state index contributed by atoms with van der Waals surface area (Å²) in [6, 6.07) is 10.3. The molecule has 0 aliphatic carbocycles. The standard InChI is InChI=1S/C20H31N3O2/c1-23-10-5-6-17(14-23)13-21-20(24)22-19(12-16-9-11-25-15-16)18-7-3-2-4-8-18/h2-4,7-8,16-17,19H,5-6,9-15H2,1H3,(H2,21,22,24)/t16-,17-,19-/m1/s1. The van der Waals surface area contributed by atoms with Gasteiger partial charge >= 0.3 is 6.03 Å². The molecule has 1 aromatic rings. The van der Waals surface area contributed by atoms with Crippen LogP contribution in [0.1, 0.15) is 37.3 Å². The monoisotopic (exact) mass is 345 g/mol. The Kier molecular flexibility index (Phi) is 6.70. The van der Waals surface area contributed by atoms with Crippen LogP contribution in [-0.2, 0) is 4.74 Å². The summed E-state index contributed by atoms with van der Waals surface area (Å²) in [5.41, 5.74) is 1.17. The Labute approximate surface area is 151 Å². The Morgan fingerprint density at radius 3 is 2.84 bits per heavy atom. The number of nitrogens with zero attached hydrogens (tertiary/aromatic N) is 1. The summed E-state index contributed by atoms with van der Waals surface area (Å²) in [4.78, 5) is 14.8. The summed E-state index contributed by atoms with van der Waals surface area (Å²) >= 11 is 0. The molecule has 3 atom stereocenters. The third-order valence-corrected chi connectivity index (χ3v) is 5.37. The third kappa shape index (κ3) is 5.72. The number of hydrogen-bond donors (Lipinski definition) is 2. The molecule has 0 radical (unpaired) electrons. The Morgan fingerprint density at radius 1 is 1.28 bits per heavy atom. The molecule has 2 amide bonds. The fraction of sp³-hybridized carbons (Fsp3) is 0.650. The van der Waals surface area contributed by atoms with Crippen LogP contribution in [0.3, 0.4) is 0 Å². The number of benzene rings is 1. The van der Waals surface area contributed by atoms with E-state index >= 15 is 0 Å². The highest BCUT2D eigenvalue weighted by atomic mass is 16.5. The first-order chi connectivity index (χ1) is 12.2. The summed E-state index contributed by atoms with van der Waals surface area (Å²) in [5.74, 6) is 1.08. The number of rotatable bonds is 6. The smallest absolute Gasteiger partial charge is 0.315 e. The van der Waals surface area contributed by atoms with E-state index in [9.17, 15) is 4.79 Å². The van der Waals surface area contributed by atoms with Crippen LogP contribution in [0.25, 0.3) is 0 Å². The molecule has 0 aromatic heterocycles. The van der Waals surface area contributed by atoms with E-state index in [-0.39, 0.29) is 12.1 Å². The lowest BCUT2D eigenvalue weighted by molar-refractivity contribution is 0.180. The predicted octanol–water partition coefficient (Wildman–Crippen LogP) is 2.80. The van der Waals surface area contributed by atoms with Crippen LogP contribution in [0.2, 0.25) is 0 Å². The molecule has 138 valence electrons. The quantitative estimate of drug-likeness (QED) is 0.834. The number of amides is 2. The van der Waals surface area contributed by atoms with Crippen molar-refractivity contribution in [2.24, 2.45) is 11.8 Å². The summed E-state index contributed by atoms with van der Waals surface area (Å²) in [7, 11) is 2.15. The van der Waals surface area contributed by atoms with Crippen molar-refractivity contribution < 1.29 is 9.53 Å². The van der Waals surface area contributed by atoms with E-state index in [1.54, 1.807) is 0 Å². The fourth-order valence-electron chi connectivity index (χ4n) is 3.95. The minimum absolute atomic E-state index is 0.0435. The highest BCUT2D eigenvalue weighted by molar-refractivity contribution is 5.74. The van der Waals surface area contributed by atoms with E-state index in [2.05, 4.69) is 34.7 Å². The van der Waals surface area contributed by atoms with Crippen molar-refractivity contribution in [3.63, 3.8) is 0 Å². The van der Waals surface area contributed by atoms with Gasteiger partial charge in [-0.25, -0.2) is 4.79 Å². The number of carbonyl (C=O) groups excluding carboxylic acids is 1. The second-order valence-electron chi connectivity index (χ2n) is 7.55. The second-order valence-corrected chi connectivity index (χ2v) is 7.55. The number of carbonyl (C=O) groups is 1. The number of hydrogen-bond acceptors (Lipinski definition) is 3. The lowest BCUT2D eigenvalue weighted by Gasteiger charge is -2.30. The van der Waals surface area contributed by atoms with E-state index < -0.39 is 0 Å². The topological polar surface area (TPSA) is 53.6 Å². The molecule has 2 N–H and O–H groups in total. The lowest BCUT2D eigenvalue weighted by Crippen LogP contribution is -2.43. The third-order valence-electron chi connectivity index (χ3n) is 5.37. The fourth-order valence-corrected chi connectivity index (χ4v) is 3.95. The molecule has 2 aliphatic heterocycles. The number of nitrogens with one attached hydrogen (secondary N) is 2. The zero-order valence-corrected chi connectivity index (χ0v) is 15.2. The average Bonchev–Trinajstić information content (AvgIpc) is 3.13. The first kappa shape index (κ1) is 18.2. The SMILES string of the molecule is CN1CCC[C@H](CNC(=O)N[C@H](C[C@H]2CCOC2)c2ccccc2)C1. The lowest BCUT2D eigenvalue weighted by atomic mass is 9.94. The summed E-state index contributed by atoms with van der Waals surface area (Å²) in [6.07, 6.45) is 4.44. The van der Waals surface area contributed by atoms with Crippen molar-refractivity contribution in [1.82, 2.24) is 15.5 Å². The van der Waals surface area contributed by atoms with Gasteiger partial charge in [-0.05, 0) is 56.7 Å².